The first-order valence-corrected chi connectivity index (χ1v) is 10.6. The third-order valence-electron chi connectivity index (χ3n) is 5.63. The topological polar surface area (TPSA) is 33.3 Å². The molecule has 1 aliphatic carbocycles. The number of nitrogens with one attached hydrogen (secondary N) is 2. The van der Waals surface area contributed by atoms with Crippen LogP contribution in [-0.2, 0) is 11.3 Å². The lowest BCUT2D eigenvalue weighted by molar-refractivity contribution is 0.172. The molecule has 4 aromatic rings. The van der Waals surface area contributed by atoms with Crippen molar-refractivity contribution in [3.8, 4) is 22.3 Å². The maximum absolute atomic E-state index is 4.55. The Bertz CT molecular complexity index is 1180. The van der Waals surface area contributed by atoms with Crippen LogP contribution < -0.4 is 10.8 Å². The summed E-state index contributed by atoms with van der Waals surface area (Å²) in [6.45, 7) is 1.11. The van der Waals surface area contributed by atoms with Crippen molar-refractivity contribution < 1.29 is 4.84 Å². The summed E-state index contributed by atoms with van der Waals surface area (Å²) in [6, 6.07) is 30.2. The van der Waals surface area contributed by atoms with Crippen LogP contribution in [0.3, 0.4) is 0 Å². The van der Waals surface area contributed by atoms with Crippen molar-refractivity contribution >= 4 is 16.5 Å². The number of hydroxylamine groups is 1. The van der Waals surface area contributed by atoms with Crippen LogP contribution in [-0.4, -0.2) is 6.54 Å². The van der Waals surface area contributed by atoms with E-state index in [1.54, 1.807) is 18.5 Å². The summed E-state index contributed by atoms with van der Waals surface area (Å²) in [5.74, 6) is 0. The Labute approximate surface area is 182 Å². The van der Waals surface area contributed by atoms with E-state index < -0.39 is 0 Å². The Hall–Kier alpha value is -3.98. The molecule has 0 bridgehead atoms. The number of para-hydroxylation sites is 1. The van der Waals surface area contributed by atoms with Gasteiger partial charge in [-0.05, 0) is 63.2 Å². The highest BCUT2D eigenvalue weighted by Crippen LogP contribution is 2.46. The molecule has 3 nitrogen and oxygen atoms in total. The van der Waals surface area contributed by atoms with Gasteiger partial charge in [0.05, 0.1) is 0 Å². The molecule has 4 aromatic carbocycles. The molecule has 0 atom stereocenters. The van der Waals surface area contributed by atoms with Gasteiger partial charge in [-0.2, -0.15) is 0 Å². The SMILES string of the molecule is C1=CNOC=C1.c1ccc2c(c1)-c1cccc3cccc-2c13.c1ccc2c(c1)CCN2. The van der Waals surface area contributed by atoms with Crippen LogP contribution in [0, 0.1) is 0 Å². The van der Waals surface area contributed by atoms with E-state index in [0.29, 0.717) is 0 Å². The molecule has 0 unspecified atom stereocenters. The molecule has 2 heterocycles. The molecule has 0 amide bonds. The zero-order chi connectivity index (χ0) is 20.9. The Balaban J connectivity index is 0.000000114. The molecule has 0 fully saturated rings. The van der Waals surface area contributed by atoms with Gasteiger partial charge in [0.2, 0.25) is 0 Å². The summed E-state index contributed by atoms with van der Waals surface area (Å²) in [7, 11) is 0. The van der Waals surface area contributed by atoms with Gasteiger partial charge in [0, 0.05) is 18.4 Å². The second kappa shape index (κ2) is 8.80. The maximum atomic E-state index is 4.55. The van der Waals surface area contributed by atoms with Gasteiger partial charge < -0.3 is 10.2 Å². The van der Waals surface area contributed by atoms with E-state index >= 15 is 0 Å². The lowest BCUT2D eigenvalue weighted by Crippen LogP contribution is -2.01. The second-order valence-corrected chi connectivity index (χ2v) is 7.51. The summed E-state index contributed by atoms with van der Waals surface area (Å²) in [5.41, 5.74) is 10.8. The molecule has 0 aromatic heterocycles. The molecule has 3 heteroatoms. The van der Waals surface area contributed by atoms with E-state index in [4.69, 9.17) is 0 Å². The normalized spacial score (nSPS) is 13.4. The fraction of sp³-hybridized carbons (Fsp3) is 0.0714. The van der Waals surface area contributed by atoms with Crippen LogP contribution in [0.15, 0.2) is 110 Å². The zero-order valence-corrected chi connectivity index (χ0v) is 17.2. The van der Waals surface area contributed by atoms with Crippen LogP contribution >= 0.6 is 0 Å². The van der Waals surface area contributed by atoms with Crippen molar-refractivity contribution in [2.24, 2.45) is 0 Å². The summed E-state index contributed by atoms with van der Waals surface area (Å²) in [6.07, 6.45) is 8.12. The van der Waals surface area contributed by atoms with Crippen molar-refractivity contribution in [1.82, 2.24) is 5.48 Å². The van der Waals surface area contributed by atoms with Gasteiger partial charge in [0.15, 0.2) is 0 Å². The third-order valence-corrected chi connectivity index (χ3v) is 5.63. The van der Waals surface area contributed by atoms with Gasteiger partial charge in [-0.15, -0.1) is 0 Å². The Morgan fingerprint density at radius 3 is 1.90 bits per heavy atom. The van der Waals surface area contributed by atoms with E-state index in [2.05, 4.69) is 101 Å². The van der Waals surface area contributed by atoms with E-state index in [-0.39, 0.29) is 0 Å². The van der Waals surface area contributed by atoms with Crippen LogP contribution in [0.1, 0.15) is 5.56 Å². The first kappa shape index (κ1) is 19.0. The van der Waals surface area contributed by atoms with E-state index in [9.17, 15) is 0 Å². The molecule has 0 radical (unpaired) electrons. The first-order valence-electron chi connectivity index (χ1n) is 10.6. The number of fused-ring (bicyclic) bond motifs is 4. The monoisotopic (exact) mass is 404 g/mol. The molecular weight excluding hydrogens is 380 g/mol. The average molecular weight is 405 g/mol. The molecule has 0 saturated heterocycles. The largest absolute Gasteiger partial charge is 0.391 e. The Morgan fingerprint density at radius 1 is 0.645 bits per heavy atom. The lowest BCUT2D eigenvalue weighted by Gasteiger charge is -2.00. The fourth-order valence-corrected chi connectivity index (χ4v) is 4.24. The van der Waals surface area contributed by atoms with Crippen molar-refractivity contribution in [2.45, 2.75) is 6.42 Å². The molecule has 3 aliphatic rings. The van der Waals surface area contributed by atoms with E-state index in [0.717, 1.165) is 6.54 Å². The quantitative estimate of drug-likeness (QED) is 0.302. The van der Waals surface area contributed by atoms with Crippen LogP contribution in [0.5, 0.6) is 0 Å². The van der Waals surface area contributed by atoms with E-state index in [1.165, 1.54) is 50.7 Å². The molecule has 7 rings (SSSR count). The number of anilines is 1. The second-order valence-electron chi connectivity index (χ2n) is 7.51. The molecule has 0 saturated carbocycles. The van der Waals surface area contributed by atoms with Crippen LogP contribution in [0.2, 0.25) is 0 Å². The molecule has 2 aliphatic heterocycles. The number of allylic oxidation sites excluding steroid dienone is 2. The number of rotatable bonds is 0. The van der Waals surface area contributed by atoms with Gasteiger partial charge in [0.25, 0.3) is 0 Å². The number of hydrogen-bond acceptors (Lipinski definition) is 3. The predicted octanol–water partition coefficient (Wildman–Crippen LogP) is 6.69. The zero-order valence-electron chi connectivity index (χ0n) is 17.2. The minimum absolute atomic E-state index is 1.11. The minimum atomic E-state index is 1.11. The van der Waals surface area contributed by atoms with Gasteiger partial charge in [-0.25, -0.2) is 5.48 Å². The van der Waals surface area contributed by atoms with Crippen molar-refractivity contribution in [1.29, 1.82) is 0 Å². The molecule has 31 heavy (non-hydrogen) atoms. The first-order chi connectivity index (χ1) is 15.4. The standard InChI is InChI=1S/C16H10.C8H9N.C4H5NO/c1-2-8-13-12(7-1)14-9-3-5-11-6-4-10-15(13)16(11)14;1-2-4-8-7(3-1)5-6-9-8;1-2-4-6-5-3-1/h1-10H;1-4,9H,5-6H2;1-5H. The van der Waals surface area contributed by atoms with Crippen molar-refractivity contribution in [3.63, 3.8) is 0 Å². The highest BCUT2D eigenvalue weighted by molar-refractivity contribution is 6.15. The van der Waals surface area contributed by atoms with Gasteiger partial charge in [-0.3, -0.25) is 0 Å². The summed E-state index contributed by atoms with van der Waals surface area (Å²) in [4.78, 5) is 4.55. The fourth-order valence-electron chi connectivity index (χ4n) is 4.24. The van der Waals surface area contributed by atoms with Crippen molar-refractivity contribution in [3.05, 3.63) is 115 Å². The summed E-state index contributed by atoms with van der Waals surface area (Å²) >= 11 is 0. The van der Waals surface area contributed by atoms with Gasteiger partial charge >= 0.3 is 0 Å². The molecule has 2 N–H and O–H groups in total. The highest BCUT2D eigenvalue weighted by Gasteiger charge is 2.19. The number of benzene rings is 4. The Morgan fingerprint density at radius 2 is 1.32 bits per heavy atom. The minimum Gasteiger partial charge on any atom is -0.391 e. The van der Waals surface area contributed by atoms with Crippen molar-refractivity contribution in [2.75, 3.05) is 11.9 Å². The van der Waals surface area contributed by atoms with Gasteiger partial charge in [-0.1, -0.05) is 78.9 Å². The van der Waals surface area contributed by atoms with E-state index in [1.807, 2.05) is 6.08 Å². The van der Waals surface area contributed by atoms with Crippen LogP contribution in [0.25, 0.3) is 33.0 Å². The smallest absolute Gasteiger partial charge is 0.119 e. The highest BCUT2D eigenvalue weighted by atomic mass is 16.6. The molecular formula is C28H24N2O. The predicted molar refractivity (Wildman–Crippen MR) is 130 cm³/mol. The average Bonchev–Trinajstić information content (AvgIpc) is 3.46. The van der Waals surface area contributed by atoms with Crippen LogP contribution in [0.4, 0.5) is 5.69 Å². The summed E-state index contributed by atoms with van der Waals surface area (Å²) in [5, 5.41) is 6.05. The lowest BCUT2D eigenvalue weighted by atomic mass is 10.0. The summed E-state index contributed by atoms with van der Waals surface area (Å²) < 4.78 is 0. The molecule has 0 spiro atoms. The van der Waals surface area contributed by atoms with Gasteiger partial charge in [0.1, 0.15) is 6.26 Å². The number of hydrogen-bond donors (Lipinski definition) is 2. The maximum Gasteiger partial charge on any atom is 0.119 e. The third kappa shape index (κ3) is 3.90. The molecule has 152 valence electrons. The Kier molecular flexibility index (Phi) is 5.40.